The van der Waals surface area contributed by atoms with Gasteiger partial charge in [-0.1, -0.05) is 23.7 Å². The average Bonchev–Trinajstić information content (AvgIpc) is 2.67. The van der Waals surface area contributed by atoms with Gasteiger partial charge < -0.3 is 10.6 Å². The summed E-state index contributed by atoms with van der Waals surface area (Å²) < 4.78 is 0. The molecule has 3 nitrogen and oxygen atoms in total. The van der Waals surface area contributed by atoms with Gasteiger partial charge in [-0.25, -0.2) is 0 Å². The fraction of sp³-hybridized carbons (Fsp3) is 0.300. The normalized spacial score (nSPS) is 23.3. The van der Waals surface area contributed by atoms with E-state index in [2.05, 4.69) is 15.6 Å². The number of rotatable bonds is 1. The molecule has 1 aromatic carbocycles. The highest BCUT2D eigenvalue weighted by molar-refractivity contribution is 6.30. The van der Waals surface area contributed by atoms with Crippen LogP contribution in [0, 0.1) is 0 Å². The van der Waals surface area contributed by atoms with E-state index in [4.69, 9.17) is 11.6 Å². The molecule has 0 saturated carbocycles. The largest absolute Gasteiger partial charge is 0.354 e. The minimum atomic E-state index is 0.297. The number of nitrogens with one attached hydrogen (secondary N) is 2. The van der Waals surface area contributed by atoms with E-state index >= 15 is 0 Å². The Morgan fingerprint density at radius 1 is 1.36 bits per heavy atom. The zero-order valence-corrected chi connectivity index (χ0v) is 8.67. The van der Waals surface area contributed by atoms with E-state index in [1.54, 1.807) is 7.05 Å². The Balaban J connectivity index is 2.13. The number of benzene rings is 1. The van der Waals surface area contributed by atoms with Gasteiger partial charge in [-0.2, -0.15) is 0 Å². The Bertz CT molecular complexity index is 345. The summed E-state index contributed by atoms with van der Waals surface area (Å²) in [5, 5.41) is 7.22. The first-order chi connectivity index (χ1) is 6.79. The Hall–Kier alpha value is -1.22. The molecule has 0 aromatic heterocycles. The van der Waals surface area contributed by atoms with E-state index in [1.807, 2.05) is 24.3 Å². The van der Waals surface area contributed by atoms with Crippen molar-refractivity contribution in [2.75, 3.05) is 13.6 Å². The predicted octanol–water partition coefficient (Wildman–Crippen LogP) is 1.56. The minimum Gasteiger partial charge on any atom is -0.354 e. The third-order valence-corrected chi connectivity index (χ3v) is 2.53. The molecule has 1 aliphatic heterocycles. The molecule has 1 saturated heterocycles. The molecule has 1 aliphatic rings. The first-order valence-corrected chi connectivity index (χ1v) is 4.90. The maximum atomic E-state index is 5.81. The van der Waals surface area contributed by atoms with Crippen LogP contribution in [0.15, 0.2) is 29.3 Å². The summed E-state index contributed by atoms with van der Waals surface area (Å²) in [7, 11) is 1.76. The third-order valence-electron chi connectivity index (χ3n) is 2.28. The van der Waals surface area contributed by atoms with Crippen molar-refractivity contribution >= 4 is 17.6 Å². The molecule has 0 amide bonds. The molecular formula is C10H12ClN3. The van der Waals surface area contributed by atoms with Crippen LogP contribution in [-0.4, -0.2) is 19.6 Å². The Labute approximate surface area is 88.2 Å². The van der Waals surface area contributed by atoms with Gasteiger partial charge in [-0.05, 0) is 17.7 Å². The van der Waals surface area contributed by atoms with Crippen molar-refractivity contribution < 1.29 is 0 Å². The van der Waals surface area contributed by atoms with Gasteiger partial charge >= 0.3 is 0 Å². The second-order valence-corrected chi connectivity index (χ2v) is 3.64. The van der Waals surface area contributed by atoms with Crippen LogP contribution in [-0.2, 0) is 0 Å². The first kappa shape index (κ1) is 9.34. The molecular weight excluding hydrogens is 198 g/mol. The molecule has 0 radical (unpaired) electrons. The molecule has 14 heavy (non-hydrogen) atoms. The van der Waals surface area contributed by atoms with E-state index < -0.39 is 0 Å². The molecule has 1 fully saturated rings. The summed E-state index contributed by atoms with van der Waals surface area (Å²) in [4.78, 5) is 4.05. The van der Waals surface area contributed by atoms with Gasteiger partial charge in [0.05, 0.1) is 6.04 Å². The van der Waals surface area contributed by atoms with E-state index in [0.29, 0.717) is 6.04 Å². The van der Waals surface area contributed by atoms with Crippen molar-refractivity contribution in [2.24, 2.45) is 4.99 Å². The molecule has 2 N–H and O–H groups in total. The topological polar surface area (TPSA) is 36.4 Å². The van der Waals surface area contributed by atoms with Crippen LogP contribution in [0.1, 0.15) is 11.6 Å². The number of hydrogen-bond donors (Lipinski definition) is 2. The van der Waals surface area contributed by atoms with Crippen LogP contribution < -0.4 is 10.6 Å². The number of guanidine groups is 1. The molecule has 0 spiro atoms. The number of nitrogens with zero attached hydrogens (tertiary/aromatic N) is 1. The fourth-order valence-electron chi connectivity index (χ4n) is 1.51. The Morgan fingerprint density at radius 2 is 2.07 bits per heavy atom. The molecule has 1 heterocycles. The maximum Gasteiger partial charge on any atom is 0.191 e. The van der Waals surface area contributed by atoms with E-state index in [0.717, 1.165) is 17.5 Å². The first-order valence-electron chi connectivity index (χ1n) is 4.52. The van der Waals surface area contributed by atoms with Crippen LogP contribution in [0.4, 0.5) is 0 Å². The van der Waals surface area contributed by atoms with Crippen molar-refractivity contribution in [3.8, 4) is 0 Å². The van der Waals surface area contributed by atoms with Crippen molar-refractivity contribution in [3.63, 3.8) is 0 Å². The van der Waals surface area contributed by atoms with Gasteiger partial charge in [0, 0.05) is 18.6 Å². The number of hydrogen-bond acceptors (Lipinski definition) is 1. The lowest BCUT2D eigenvalue weighted by Gasteiger charge is -2.08. The lowest BCUT2D eigenvalue weighted by molar-refractivity contribution is 0.706. The summed E-state index contributed by atoms with van der Waals surface area (Å²) in [5.41, 5.74) is 1.22. The van der Waals surface area contributed by atoms with Crippen molar-refractivity contribution in [3.05, 3.63) is 34.9 Å². The van der Waals surface area contributed by atoms with Gasteiger partial charge in [-0.3, -0.25) is 4.99 Å². The van der Waals surface area contributed by atoms with Crippen LogP contribution in [0.5, 0.6) is 0 Å². The molecule has 1 aromatic rings. The van der Waals surface area contributed by atoms with Crippen molar-refractivity contribution in [1.82, 2.24) is 10.6 Å². The van der Waals surface area contributed by atoms with Crippen molar-refractivity contribution in [1.29, 1.82) is 0 Å². The minimum absolute atomic E-state index is 0.297. The van der Waals surface area contributed by atoms with Crippen LogP contribution in [0.3, 0.4) is 0 Å². The third kappa shape index (κ3) is 1.82. The SMILES string of the molecule is CN=C1NCC(c2ccc(Cl)cc2)N1. The zero-order chi connectivity index (χ0) is 9.97. The van der Waals surface area contributed by atoms with Crippen LogP contribution in [0.2, 0.25) is 5.02 Å². The molecule has 1 atom stereocenters. The lowest BCUT2D eigenvalue weighted by atomic mass is 10.1. The highest BCUT2D eigenvalue weighted by atomic mass is 35.5. The summed E-state index contributed by atoms with van der Waals surface area (Å²) in [6, 6.07) is 8.16. The highest BCUT2D eigenvalue weighted by Crippen LogP contribution is 2.17. The second-order valence-electron chi connectivity index (χ2n) is 3.20. The van der Waals surface area contributed by atoms with Gasteiger partial charge in [-0.15, -0.1) is 0 Å². The van der Waals surface area contributed by atoms with Gasteiger partial charge in [0.25, 0.3) is 0 Å². The second kappa shape index (κ2) is 3.88. The summed E-state index contributed by atoms with van der Waals surface area (Å²) >= 11 is 5.81. The fourth-order valence-corrected chi connectivity index (χ4v) is 1.63. The summed E-state index contributed by atoms with van der Waals surface area (Å²) in [5.74, 6) is 0.852. The van der Waals surface area contributed by atoms with Gasteiger partial charge in [0.2, 0.25) is 0 Å². The molecule has 2 rings (SSSR count). The molecule has 1 unspecified atom stereocenters. The quantitative estimate of drug-likeness (QED) is 0.737. The molecule has 0 bridgehead atoms. The van der Waals surface area contributed by atoms with E-state index in [9.17, 15) is 0 Å². The van der Waals surface area contributed by atoms with Crippen LogP contribution in [0.25, 0.3) is 0 Å². The zero-order valence-electron chi connectivity index (χ0n) is 7.92. The average molecular weight is 210 g/mol. The predicted molar refractivity (Wildman–Crippen MR) is 58.7 cm³/mol. The molecule has 4 heteroatoms. The number of halogens is 1. The Kier molecular flexibility index (Phi) is 2.59. The standard InChI is InChI=1S/C10H12ClN3/c1-12-10-13-6-9(14-10)7-2-4-8(11)5-3-7/h2-5,9H,6H2,1H3,(H2,12,13,14). The molecule has 74 valence electrons. The van der Waals surface area contributed by atoms with E-state index in [-0.39, 0.29) is 0 Å². The molecule has 0 aliphatic carbocycles. The van der Waals surface area contributed by atoms with Gasteiger partial charge in [0.15, 0.2) is 5.96 Å². The highest BCUT2D eigenvalue weighted by Gasteiger charge is 2.19. The van der Waals surface area contributed by atoms with Gasteiger partial charge in [0.1, 0.15) is 0 Å². The van der Waals surface area contributed by atoms with Crippen LogP contribution >= 0.6 is 11.6 Å². The summed E-state index contributed by atoms with van der Waals surface area (Å²) in [6.45, 7) is 0.869. The summed E-state index contributed by atoms with van der Waals surface area (Å²) in [6.07, 6.45) is 0. The van der Waals surface area contributed by atoms with E-state index in [1.165, 1.54) is 5.56 Å². The Morgan fingerprint density at radius 3 is 2.64 bits per heavy atom. The number of aliphatic imine (C=N–C) groups is 1. The lowest BCUT2D eigenvalue weighted by Crippen LogP contribution is -2.24. The monoisotopic (exact) mass is 209 g/mol. The van der Waals surface area contributed by atoms with Crippen molar-refractivity contribution in [2.45, 2.75) is 6.04 Å². The smallest absolute Gasteiger partial charge is 0.191 e. The maximum absolute atomic E-state index is 5.81.